The van der Waals surface area contributed by atoms with E-state index < -0.39 is 21.5 Å². The molecule has 3 aromatic rings. The van der Waals surface area contributed by atoms with Gasteiger partial charge in [-0.05, 0) is 49.7 Å². The number of thioether (sulfide) groups is 1. The molecule has 174 valence electrons. The van der Waals surface area contributed by atoms with Crippen molar-refractivity contribution < 1.29 is 18.4 Å². The summed E-state index contributed by atoms with van der Waals surface area (Å²) in [6.07, 6.45) is 0. The Morgan fingerprint density at radius 2 is 1.68 bits per heavy atom. The highest BCUT2D eigenvalue weighted by Crippen LogP contribution is 2.59. The third kappa shape index (κ3) is 3.62. The summed E-state index contributed by atoms with van der Waals surface area (Å²) in [5.74, 6) is -1.15. The average Bonchev–Trinajstić information content (AvgIpc) is 3.23. The Bertz CT molecular complexity index is 1280. The Morgan fingerprint density at radius 1 is 1.00 bits per heavy atom. The second kappa shape index (κ2) is 8.13. The Balaban J connectivity index is 1.56. The van der Waals surface area contributed by atoms with Crippen LogP contribution < -0.4 is 10.2 Å². The first kappa shape index (κ1) is 22.4. The van der Waals surface area contributed by atoms with E-state index in [0.29, 0.717) is 17.8 Å². The number of para-hydroxylation sites is 2. The van der Waals surface area contributed by atoms with Gasteiger partial charge < -0.3 is 10.2 Å². The molecule has 2 aliphatic rings. The zero-order valence-electron chi connectivity index (χ0n) is 18.7. The molecule has 34 heavy (non-hydrogen) atoms. The van der Waals surface area contributed by atoms with Crippen LogP contribution in [0.4, 0.5) is 25.0 Å². The van der Waals surface area contributed by atoms with E-state index in [4.69, 9.17) is 0 Å². The molecule has 1 atom stereocenters. The quantitative estimate of drug-likeness (QED) is 0.523. The third-order valence-corrected chi connectivity index (χ3v) is 7.64. The SMILES string of the molecule is CC1(C)CN(C(=O)Nc2ccccc2F)[C@@]2(S1)C(=O)N(Cc1ccc(F)cc1)c1ccccc12. The lowest BCUT2D eigenvalue weighted by atomic mass is 10.1. The summed E-state index contributed by atoms with van der Waals surface area (Å²) < 4.78 is 27.3. The predicted molar refractivity (Wildman–Crippen MR) is 130 cm³/mol. The summed E-state index contributed by atoms with van der Waals surface area (Å²) in [5, 5.41) is 2.65. The normalized spacial score (nSPS) is 20.6. The minimum absolute atomic E-state index is 0.0549. The van der Waals surface area contributed by atoms with Crippen molar-refractivity contribution >= 4 is 35.1 Å². The first-order valence-electron chi connectivity index (χ1n) is 10.9. The fourth-order valence-corrected chi connectivity index (χ4v) is 6.36. The topological polar surface area (TPSA) is 52.7 Å². The molecule has 0 aromatic heterocycles. The van der Waals surface area contributed by atoms with Gasteiger partial charge in [0, 0.05) is 16.9 Å². The Hall–Kier alpha value is -3.39. The summed E-state index contributed by atoms with van der Waals surface area (Å²) in [7, 11) is 0. The van der Waals surface area contributed by atoms with Crippen molar-refractivity contribution in [2.75, 3.05) is 16.8 Å². The summed E-state index contributed by atoms with van der Waals surface area (Å²) >= 11 is 1.42. The number of carbonyl (C=O) groups is 2. The van der Waals surface area contributed by atoms with E-state index in [-0.39, 0.29) is 24.0 Å². The molecule has 5 nitrogen and oxygen atoms in total. The van der Waals surface area contributed by atoms with Gasteiger partial charge in [-0.15, -0.1) is 11.8 Å². The number of benzene rings is 3. The van der Waals surface area contributed by atoms with E-state index in [1.807, 2.05) is 38.1 Å². The van der Waals surface area contributed by atoms with Gasteiger partial charge in [0.05, 0.1) is 17.9 Å². The second-order valence-electron chi connectivity index (χ2n) is 9.04. The number of amides is 3. The molecule has 3 aromatic carbocycles. The zero-order valence-corrected chi connectivity index (χ0v) is 19.5. The van der Waals surface area contributed by atoms with Crippen LogP contribution >= 0.6 is 11.8 Å². The lowest BCUT2D eigenvalue weighted by molar-refractivity contribution is -0.123. The number of carbonyl (C=O) groups excluding carboxylic acids is 2. The summed E-state index contributed by atoms with van der Waals surface area (Å²) in [6, 6.07) is 18.8. The lowest BCUT2D eigenvalue weighted by Crippen LogP contribution is -2.51. The lowest BCUT2D eigenvalue weighted by Gasteiger charge is -2.33. The number of hydrogen-bond donors (Lipinski definition) is 1. The second-order valence-corrected chi connectivity index (χ2v) is 10.9. The maximum absolute atomic E-state index is 14.3. The van der Waals surface area contributed by atoms with Gasteiger partial charge in [0.1, 0.15) is 11.6 Å². The van der Waals surface area contributed by atoms with Gasteiger partial charge in [0.2, 0.25) is 0 Å². The van der Waals surface area contributed by atoms with Crippen LogP contribution in [0.15, 0.2) is 72.8 Å². The molecule has 0 aliphatic carbocycles. The van der Waals surface area contributed by atoms with Crippen LogP contribution in [-0.4, -0.2) is 28.1 Å². The summed E-state index contributed by atoms with van der Waals surface area (Å²) in [5.41, 5.74) is 2.23. The van der Waals surface area contributed by atoms with Crippen molar-refractivity contribution in [1.82, 2.24) is 4.90 Å². The van der Waals surface area contributed by atoms with Gasteiger partial charge >= 0.3 is 6.03 Å². The number of urea groups is 1. The number of rotatable bonds is 3. The molecule has 8 heteroatoms. The Labute approximate surface area is 200 Å². The van der Waals surface area contributed by atoms with Crippen molar-refractivity contribution in [2.45, 2.75) is 30.0 Å². The summed E-state index contributed by atoms with van der Waals surface area (Å²) in [4.78, 5) is 29.5. The van der Waals surface area contributed by atoms with Gasteiger partial charge in [0.15, 0.2) is 4.87 Å². The number of anilines is 2. The average molecular weight is 480 g/mol. The van der Waals surface area contributed by atoms with E-state index in [9.17, 15) is 18.4 Å². The van der Waals surface area contributed by atoms with Gasteiger partial charge in [-0.25, -0.2) is 13.6 Å². The van der Waals surface area contributed by atoms with Crippen LogP contribution in [0.1, 0.15) is 25.0 Å². The minimum atomic E-state index is -1.30. The fraction of sp³-hybridized carbons (Fsp3) is 0.231. The van der Waals surface area contributed by atoms with Crippen molar-refractivity contribution in [2.24, 2.45) is 0 Å². The molecule has 3 amide bonds. The number of halogens is 2. The first-order valence-corrected chi connectivity index (χ1v) is 11.7. The number of nitrogens with zero attached hydrogens (tertiary/aromatic N) is 2. The Kier molecular flexibility index (Phi) is 5.36. The molecular weight excluding hydrogens is 456 g/mol. The standard InChI is InChI=1S/C26H23F2N3O2S/c1-25(2)16-31(24(33)29-21-9-5-4-8-20(21)28)26(34-25)19-7-3-6-10-22(19)30(23(26)32)15-17-11-13-18(27)14-12-17/h3-14H,15-16H2,1-2H3,(H,29,33)/t26-/m0/s1. The molecular formula is C26H23F2N3O2S. The van der Waals surface area contributed by atoms with E-state index >= 15 is 0 Å². The molecule has 0 bridgehead atoms. The largest absolute Gasteiger partial charge is 0.323 e. The van der Waals surface area contributed by atoms with E-state index in [0.717, 1.165) is 5.56 Å². The highest BCUT2D eigenvalue weighted by atomic mass is 32.2. The van der Waals surface area contributed by atoms with Crippen LogP contribution in [0.5, 0.6) is 0 Å². The molecule has 5 rings (SSSR count). The van der Waals surface area contributed by atoms with Gasteiger partial charge in [-0.2, -0.15) is 0 Å². The van der Waals surface area contributed by atoms with E-state index in [2.05, 4.69) is 5.32 Å². The smallest absolute Gasteiger partial charge is 0.305 e. The number of hydrogen-bond acceptors (Lipinski definition) is 3. The molecule has 0 unspecified atom stereocenters. The monoisotopic (exact) mass is 479 g/mol. The van der Waals surface area contributed by atoms with Crippen LogP contribution in [0.25, 0.3) is 0 Å². The fourth-order valence-electron chi connectivity index (χ4n) is 4.63. The molecule has 1 N–H and O–H groups in total. The van der Waals surface area contributed by atoms with Gasteiger partial charge in [-0.1, -0.05) is 42.5 Å². The van der Waals surface area contributed by atoms with Crippen molar-refractivity contribution in [1.29, 1.82) is 0 Å². The highest BCUT2D eigenvalue weighted by molar-refractivity contribution is 8.02. The predicted octanol–water partition coefficient (Wildman–Crippen LogP) is 5.72. The van der Waals surface area contributed by atoms with E-state index in [1.54, 1.807) is 29.2 Å². The van der Waals surface area contributed by atoms with Crippen molar-refractivity contribution in [3.8, 4) is 0 Å². The van der Waals surface area contributed by atoms with Crippen LogP contribution in [-0.2, 0) is 16.2 Å². The first-order chi connectivity index (χ1) is 16.2. The molecule has 1 fully saturated rings. The molecule has 0 saturated carbocycles. The number of nitrogens with one attached hydrogen (secondary N) is 1. The van der Waals surface area contributed by atoms with Crippen molar-refractivity contribution in [3.05, 3.63) is 95.6 Å². The van der Waals surface area contributed by atoms with Gasteiger partial charge in [0.25, 0.3) is 5.91 Å². The highest BCUT2D eigenvalue weighted by Gasteiger charge is 2.63. The van der Waals surface area contributed by atoms with Gasteiger partial charge in [-0.3, -0.25) is 9.69 Å². The van der Waals surface area contributed by atoms with E-state index in [1.165, 1.54) is 40.9 Å². The molecule has 2 heterocycles. The van der Waals surface area contributed by atoms with Crippen molar-refractivity contribution in [3.63, 3.8) is 0 Å². The molecule has 0 radical (unpaired) electrons. The third-order valence-electron chi connectivity index (χ3n) is 6.05. The van der Waals surface area contributed by atoms with Crippen LogP contribution in [0.2, 0.25) is 0 Å². The molecule has 1 saturated heterocycles. The molecule has 2 aliphatic heterocycles. The zero-order chi connectivity index (χ0) is 24.1. The van der Waals surface area contributed by atoms with Crippen LogP contribution in [0, 0.1) is 11.6 Å². The molecule has 1 spiro atoms. The maximum atomic E-state index is 14.3. The maximum Gasteiger partial charge on any atom is 0.323 e. The Morgan fingerprint density at radius 3 is 2.41 bits per heavy atom. The number of fused-ring (bicyclic) bond motifs is 2. The summed E-state index contributed by atoms with van der Waals surface area (Å²) in [6.45, 7) is 4.49. The van der Waals surface area contributed by atoms with Crippen LogP contribution in [0.3, 0.4) is 0 Å². The minimum Gasteiger partial charge on any atom is -0.305 e.